The second kappa shape index (κ2) is 5.42. The number of pyridine rings is 1. The Balaban J connectivity index is 1.78. The first-order valence-electron chi connectivity index (χ1n) is 6.66. The van der Waals surface area contributed by atoms with Gasteiger partial charge in [0.1, 0.15) is 12.1 Å². The molecule has 6 nitrogen and oxygen atoms in total. The molecule has 1 amide bonds. The van der Waals surface area contributed by atoms with Crippen LogP contribution in [-0.4, -0.2) is 49.6 Å². The van der Waals surface area contributed by atoms with E-state index < -0.39 is 0 Å². The number of carbonyl (C=O) groups is 1. The lowest BCUT2D eigenvalue weighted by Crippen LogP contribution is -2.35. The molecule has 2 heterocycles. The van der Waals surface area contributed by atoms with E-state index >= 15 is 0 Å². The Morgan fingerprint density at radius 2 is 2.30 bits per heavy atom. The molecule has 0 atom stereocenters. The van der Waals surface area contributed by atoms with E-state index in [1.807, 2.05) is 0 Å². The summed E-state index contributed by atoms with van der Waals surface area (Å²) in [4.78, 5) is 22.3. The topological polar surface area (TPSA) is 71.2 Å². The molecule has 1 fully saturated rings. The number of hydrogen-bond donors (Lipinski definition) is 1. The predicted molar refractivity (Wildman–Crippen MR) is 72.5 cm³/mol. The summed E-state index contributed by atoms with van der Waals surface area (Å²) in [7, 11) is 0. The van der Waals surface area contributed by atoms with Crippen LogP contribution in [0.1, 0.15) is 23.2 Å². The second-order valence-corrected chi connectivity index (χ2v) is 4.83. The zero-order chi connectivity index (χ0) is 13.9. The van der Waals surface area contributed by atoms with Crippen molar-refractivity contribution in [1.82, 2.24) is 19.4 Å². The predicted octanol–water partition coefficient (Wildman–Crippen LogP) is 0.864. The van der Waals surface area contributed by atoms with E-state index in [1.165, 1.54) is 0 Å². The van der Waals surface area contributed by atoms with E-state index in [0.717, 1.165) is 18.7 Å². The number of hydrogen-bond acceptors (Lipinski definition) is 4. The largest absolute Gasteiger partial charge is 0.395 e. The van der Waals surface area contributed by atoms with Crippen LogP contribution in [0.5, 0.6) is 0 Å². The van der Waals surface area contributed by atoms with Gasteiger partial charge in [-0.15, -0.1) is 0 Å². The van der Waals surface area contributed by atoms with Gasteiger partial charge in [-0.3, -0.25) is 9.36 Å². The molecule has 2 aromatic rings. The summed E-state index contributed by atoms with van der Waals surface area (Å²) in [5, 5.41) is 9.06. The van der Waals surface area contributed by atoms with Gasteiger partial charge >= 0.3 is 0 Å². The maximum Gasteiger partial charge on any atom is 0.255 e. The average Bonchev–Trinajstić information content (AvgIpc) is 3.17. The number of aliphatic hydroxyl groups is 1. The van der Waals surface area contributed by atoms with Crippen LogP contribution in [0.25, 0.3) is 5.82 Å². The highest BCUT2D eigenvalue weighted by Gasteiger charge is 2.32. The van der Waals surface area contributed by atoms with Crippen LogP contribution in [0.3, 0.4) is 0 Å². The van der Waals surface area contributed by atoms with Gasteiger partial charge in [0.15, 0.2) is 0 Å². The zero-order valence-corrected chi connectivity index (χ0v) is 11.0. The lowest BCUT2D eigenvalue weighted by Gasteiger charge is -2.21. The standard InChI is InChI=1S/C14H16N4O2/c19-8-7-18(12-2-3-12)14(20)11-1-4-13(16-9-11)17-6-5-15-10-17/h1,4-6,9-10,12,19H,2-3,7-8H2. The molecule has 0 saturated heterocycles. The highest BCUT2D eigenvalue weighted by Crippen LogP contribution is 2.27. The van der Waals surface area contributed by atoms with Crippen LogP contribution >= 0.6 is 0 Å². The Morgan fingerprint density at radius 1 is 1.45 bits per heavy atom. The number of amides is 1. The van der Waals surface area contributed by atoms with Crippen LogP contribution in [0.15, 0.2) is 37.1 Å². The van der Waals surface area contributed by atoms with E-state index in [9.17, 15) is 4.79 Å². The van der Waals surface area contributed by atoms with E-state index in [1.54, 1.807) is 46.5 Å². The van der Waals surface area contributed by atoms with Gasteiger partial charge in [-0.2, -0.15) is 0 Å². The minimum atomic E-state index is -0.0637. The number of aliphatic hydroxyl groups excluding tert-OH is 1. The van der Waals surface area contributed by atoms with Crippen molar-refractivity contribution in [3.63, 3.8) is 0 Å². The average molecular weight is 272 g/mol. The molecule has 1 aliphatic rings. The van der Waals surface area contributed by atoms with Gasteiger partial charge in [-0.1, -0.05) is 0 Å². The van der Waals surface area contributed by atoms with Crippen molar-refractivity contribution >= 4 is 5.91 Å². The second-order valence-electron chi connectivity index (χ2n) is 4.83. The number of nitrogens with zero attached hydrogens (tertiary/aromatic N) is 4. The summed E-state index contributed by atoms with van der Waals surface area (Å²) < 4.78 is 1.78. The first-order chi connectivity index (χ1) is 9.79. The van der Waals surface area contributed by atoms with E-state index in [0.29, 0.717) is 12.1 Å². The van der Waals surface area contributed by atoms with E-state index in [4.69, 9.17) is 5.11 Å². The minimum Gasteiger partial charge on any atom is -0.395 e. The van der Waals surface area contributed by atoms with Gasteiger partial charge in [0, 0.05) is 31.2 Å². The third-order valence-electron chi connectivity index (χ3n) is 3.35. The molecule has 6 heteroatoms. The lowest BCUT2D eigenvalue weighted by molar-refractivity contribution is 0.0707. The number of carbonyl (C=O) groups excluding carboxylic acids is 1. The van der Waals surface area contributed by atoms with Gasteiger partial charge in [0.25, 0.3) is 5.91 Å². The summed E-state index contributed by atoms with van der Waals surface area (Å²) in [5.41, 5.74) is 0.550. The van der Waals surface area contributed by atoms with Crippen molar-refractivity contribution in [2.45, 2.75) is 18.9 Å². The van der Waals surface area contributed by atoms with Crippen LogP contribution in [0.4, 0.5) is 0 Å². The monoisotopic (exact) mass is 272 g/mol. The van der Waals surface area contributed by atoms with E-state index in [-0.39, 0.29) is 18.6 Å². The maximum absolute atomic E-state index is 12.4. The molecule has 1 saturated carbocycles. The molecular formula is C14H16N4O2. The van der Waals surface area contributed by atoms with Crippen molar-refractivity contribution < 1.29 is 9.90 Å². The van der Waals surface area contributed by atoms with Crippen molar-refractivity contribution in [3.05, 3.63) is 42.6 Å². The molecule has 20 heavy (non-hydrogen) atoms. The number of rotatable bonds is 5. The van der Waals surface area contributed by atoms with Gasteiger partial charge in [0.2, 0.25) is 0 Å². The van der Waals surface area contributed by atoms with Crippen molar-refractivity contribution in [2.75, 3.05) is 13.2 Å². The molecule has 0 aromatic carbocycles. The number of aromatic nitrogens is 3. The Bertz CT molecular complexity index is 576. The quantitative estimate of drug-likeness (QED) is 0.876. The Kier molecular flexibility index (Phi) is 3.47. The Hall–Kier alpha value is -2.21. The van der Waals surface area contributed by atoms with Gasteiger partial charge in [-0.05, 0) is 25.0 Å². The molecule has 104 valence electrons. The Labute approximate surface area is 116 Å². The first kappa shape index (κ1) is 12.8. The molecular weight excluding hydrogens is 256 g/mol. The lowest BCUT2D eigenvalue weighted by atomic mass is 10.2. The van der Waals surface area contributed by atoms with Crippen molar-refractivity contribution in [1.29, 1.82) is 0 Å². The number of imidazole rings is 1. The van der Waals surface area contributed by atoms with E-state index in [2.05, 4.69) is 9.97 Å². The summed E-state index contributed by atoms with van der Waals surface area (Å²) in [6, 6.07) is 3.83. The molecule has 1 N–H and O–H groups in total. The SMILES string of the molecule is O=C(c1ccc(-n2ccnc2)nc1)N(CCO)C1CC1. The molecule has 0 spiro atoms. The molecule has 1 aliphatic carbocycles. The van der Waals surface area contributed by atoms with Crippen molar-refractivity contribution in [3.8, 4) is 5.82 Å². The zero-order valence-electron chi connectivity index (χ0n) is 11.0. The molecule has 2 aromatic heterocycles. The Morgan fingerprint density at radius 3 is 2.85 bits per heavy atom. The van der Waals surface area contributed by atoms with Crippen LogP contribution in [0, 0.1) is 0 Å². The summed E-state index contributed by atoms with van der Waals surface area (Å²) in [6.45, 7) is 0.371. The molecule has 3 rings (SSSR count). The fourth-order valence-corrected chi connectivity index (χ4v) is 2.17. The van der Waals surface area contributed by atoms with Crippen LogP contribution < -0.4 is 0 Å². The minimum absolute atomic E-state index is 0.0111. The van der Waals surface area contributed by atoms with Gasteiger partial charge < -0.3 is 10.0 Å². The summed E-state index contributed by atoms with van der Waals surface area (Å²) in [6.07, 6.45) is 8.75. The van der Waals surface area contributed by atoms with Crippen LogP contribution in [0.2, 0.25) is 0 Å². The molecule has 0 bridgehead atoms. The third kappa shape index (κ3) is 2.55. The molecule has 0 radical (unpaired) electrons. The van der Waals surface area contributed by atoms with Gasteiger partial charge in [-0.25, -0.2) is 9.97 Å². The smallest absolute Gasteiger partial charge is 0.255 e. The third-order valence-corrected chi connectivity index (χ3v) is 3.35. The molecule has 0 aliphatic heterocycles. The van der Waals surface area contributed by atoms with Gasteiger partial charge in [0.05, 0.1) is 12.2 Å². The van der Waals surface area contributed by atoms with Crippen LogP contribution in [-0.2, 0) is 0 Å². The highest BCUT2D eigenvalue weighted by atomic mass is 16.3. The first-order valence-corrected chi connectivity index (χ1v) is 6.66. The molecule has 0 unspecified atom stereocenters. The fraction of sp³-hybridized carbons (Fsp3) is 0.357. The highest BCUT2D eigenvalue weighted by molar-refractivity contribution is 5.94. The van der Waals surface area contributed by atoms with Crippen molar-refractivity contribution in [2.24, 2.45) is 0 Å². The summed E-state index contributed by atoms with van der Waals surface area (Å²) >= 11 is 0. The summed E-state index contributed by atoms with van der Waals surface area (Å²) in [5.74, 6) is 0.658. The maximum atomic E-state index is 12.4. The fourth-order valence-electron chi connectivity index (χ4n) is 2.17. The normalized spacial score (nSPS) is 14.2.